The minimum absolute atomic E-state index is 0. The summed E-state index contributed by atoms with van der Waals surface area (Å²) in [4.78, 5) is 12.5. The summed E-state index contributed by atoms with van der Waals surface area (Å²) < 4.78 is 4.98. The zero-order valence-electron chi connectivity index (χ0n) is 13.0. The Balaban J connectivity index is 0.00000161. The highest BCUT2D eigenvalue weighted by Gasteiger charge is 2.50. The molecule has 0 aliphatic heterocycles. The van der Waals surface area contributed by atoms with Crippen molar-refractivity contribution in [3.05, 3.63) is 0 Å². The van der Waals surface area contributed by atoms with Crippen LogP contribution in [-0.4, -0.2) is 39.3 Å². The molecular formula is C16H29ClN2O2. The fourth-order valence-corrected chi connectivity index (χ4v) is 5.04. The Bertz CT molecular complexity index is 323. The minimum atomic E-state index is 0. The van der Waals surface area contributed by atoms with Crippen LogP contribution in [0.1, 0.15) is 32.1 Å². The van der Waals surface area contributed by atoms with E-state index in [4.69, 9.17) is 4.74 Å². The molecule has 4 bridgehead atoms. The van der Waals surface area contributed by atoms with Crippen LogP contribution >= 0.6 is 12.4 Å². The van der Waals surface area contributed by atoms with Gasteiger partial charge in [0.05, 0.1) is 6.61 Å². The highest BCUT2D eigenvalue weighted by Crippen LogP contribution is 2.56. The van der Waals surface area contributed by atoms with Crippen LogP contribution in [0.15, 0.2) is 0 Å². The maximum absolute atomic E-state index is 12.5. The van der Waals surface area contributed by atoms with Gasteiger partial charge in [0.25, 0.3) is 0 Å². The lowest BCUT2D eigenvalue weighted by Crippen LogP contribution is -2.51. The quantitative estimate of drug-likeness (QED) is 0.705. The number of carbonyl (C=O) groups is 1. The van der Waals surface area contributed by atoms with Gasteiger partial charge in [0, 0.05) is 32.7 Å². The highest BCUT2D eigenvalue weighted by molar-refractivity contribution is 5.85. The van der Waals surface area contributed by atoms with Crippen molar-refractivity contribution in [3.63, 3.8) is 0 Å². The van der Waals surface area contributed by atoms with E-state index in [2.05, 4.69) is 10.6 Å². The van der Waals surface area contributed by atoms with E-state index in [1.807, 2.05) is 0 Å². The van der Waals surface area contributed by atoms with Gasteiger partial charge in [-0.3, -0.25) is 4.79 Å². The molecule has 0 aromatic heterocycles. The summed E-state index contributed by atoms with van der Waals surface area (Å²) in [5, 5.41) is 6.41. The normalized spacial score (nSPS) is 36.3. The molecule has 0 heterocycles. The van der Waals surface area contributed by atoms with Gasteiger partial charge in [-0.15, -0.1) is 12.4 Å². The zero-order chi connectivity index (χ0) is 13.9. The third-order valence-electron chi connectivity index (χ3n) is 5.61. The highest BCUT2D eigenvalue weighted by atomic mass is 35.5. The average Bonchev–Trinajstić information content (AvgIpc) is 2.41. The van der Waals surface area contributed by atoms with E-state index >= 15 is 0 Å². The molecule has 0 saturated heterocycles. The number of amides is 1. The number of hydrogen-bond donors (Lipinski definition) is 2. The molecule has 4 fully saturated rings. The second kappa shape index (κ2) is 7.80. The summed E-state index contributed by atoms with van der Waals surface area (Å²) in [6.45, 7) is 3.15. The summed E-state index contributed by atoms with van der Waals surface area (Å²) in [5.41, 5.74) is 0. The van der Waals surface area contributed by atoms with Crippen LogP contribution in [0.3, 0.4) is 0 Å². The third-order valence-corrected chi connectivity index (χ3v) is 5.61. The molecule has 0 atom stereocenters. The first-order valence-electron chi connectivity index (χ1n) is 8.25. The lowest BCUT2D eigenvalue weighted by molar-refractivity contribution is -0.138. The first kappa shape index (κ1) is 17.0. The fourth-order valence-electron chi connectivity index (χ4n) is 5.04. The first-order chi connectivity index (χ1) is 9.78. The molecule has 0 radical (unpaired) electrons. The van der Waals surface area contributed by atoms with Gasteiger partial charge in [-0.2, -0.15) is 0 Å². The van der Waals surface area contributed by atoms with Gasteiger partial charge < -0.3 is 15.4 Å². The molecule has 2 N–H and O–H groups in total. The summed E-state index contributed by atoms with van der Waals surface area (Å²) in [7, 11) is 1.70. The molecule has 0 aromatic rings. The predicted octanol–water partition coefficient (Wildman–Crippen LogP) is 1.83. The fraction of sp³-hybridized carbons (Fsp3) is 0.938. The van der Waals surface area contributed by atoms with Gasteiger partial charge >= 0.3 is 0 Å². The lowest BCUT2D eigenvalue weighted by atomic mass is 9.51. The van der Waals surface area contributed by atoms with E-state index in [-0.39, 0.29) is 12.4 Å². The van der Waals surface area contributed by atoms with Crippen molar-refractivity contribution >= 4 is 18.3 Å². The number of halogens is 1. The standard InChI is InChI=1S/C16H28N2O2.ClH/c1-20-5-4-17-2-3-18-16(19)15-13-7-11-6-12(9-13)10-14(15)8-11;/h11-15,17H,2-10H2,1H3,(H,18,19);1H. The molecule has 4 nitrogen and oxygen atoms in total. The van der Waals surface area contributed by atoms with Crippen molar-refractivity contribution in [2.75, 3.05) is 33.4 Å². The molecule has 0 aromatic carbocycles. The van der Waals surface area contributed by atoms with Gasteiger partial charge in [0.15, 0.2) is 0 Å². The molecule has 5 heteroatoms. The topological polar surface area (TPSA) is 50.4 Å². The maximum atomic E-state index is 12.5. The molecule has 4 rings (SSSR count). The molecule has 21 heavy (non-hydrogen) atoms. The van der Waals surface area contributed by atoms with Gasteiger partial charge in [-0.25, -0.2) is 0 Å². The Morgan fingerprint density at radius 2 is 1.62 bits per heavy atom. The van der Waals surface area contributed by atoms with Crippen molar-refractivity contribution in [2.24, 2.45) is 29.6 Å². The van der Waals surface area contributed by atoms with E-state index in [0.29, 0.717) is 23.7 Å². The predicted molar refractivity (Wildman–Crippen MR) is 85.5 cm³/mol. The summed E-state index contributed by atoms with van der Waals surface area (Å²) in [6.07, 6.45) is 6.72. The van der Waals surface area contributed by atoms with Crippen molar-refractivity contribution in [1.29, 1.82) is 0 Å². The SMILES string of the molecule is COCCNCCNC(=O)C1C2CC3CC(C2)CC1C3.Cl. The molecule has 0 spiro atoms. The summed E-state index contributed by atoms with van der Waals surface area (Å²) in [6, 6.07) is 0. The van der Waals surface area contributed by atoms with Crippen molar-refractivity contribution in [2.45, 2.75) is 32.1 Å². The Kier molecular flexibility index (Phi) is 6.33. The number of hydrogen-bond acceptors (Lipinski definition) is 3. The second-order valence-corrected chi connectivity index (χ2v) is 6.99. The molecule has 1 amide bonds. The van der Waals surface area contributed by atoms with E-state index in [0.717, 1.165) is 38.1 Å². The second-order valence-electron chi connectivity index (χ2n) is 6.99. The largest absolute Gasteiger partial charge is 0.383 e. The molecule has 122 valence electrons. The third kappa shape index (κ3) is 3.91. The van der Waals surface area contributed by atoms with Crippen molar-refractivity contribution in [3.8, 4) is 0 Å². The summed E-state index contributed by atoms with van der Waals surface area (Å²) >= 11 is 0. The van der Waals surface area contributed by atoms with E-state index in [1.165, 1.54) is 32.1 Å². The monoisotopic (exact) mass is 316 g/mol. The number of ether oxygens (including phenoxy) is 1. The van der Waals surface area contributed by atoms with Crippen LogP contribution in [0, 0.1) is 29.6 Å². The van der Waals surface area contributed by atoms with Crippen LogP contribution < -0.4 is 10.6 Å². The first-order valence-corrected chi connectivity index (χ1v) is 8.25. The molecule has 4 aliphatic carbocycles. The van der Waals surface area contributed by atoms with Gasteiger partial charge in [0.2, 0.25) is 5.91 Å². The van der Waals surface area contributed by atoms with E-state index in [1.54, 1.807) is 7.11 Å². The average molecular weight is 317 g/mol. The Morgan fingerprint density at radius 1 is 1.00 bits per heavy atom. The van der Waals surface area contributed by atoms with Crippen LogP contribution in [0.5, 0.6) is 0 Å². The number of nitrogens with one attached hydrogen (secondary N) is 2. The van der Waals surface area contributed by atoms with Gasteiger partial charge in [-0.1, -0.05) is 0 Å². The zero-order valence-corrected chi connectivity index (χ0v) is 13.8. The molecule has 4 aliphatic rings. The number of methoxy groups -OCH3 is 1. The van der Waals surface area contributed by atoms with Crippen LogP contribution in [0.2, 0.25) is 0 Å². The molecule has 0 unspecified atom stereocenters. The van der Waals surface area contributed by atoms with Crippen LogP contribution in [0.4, 0.5) is 0 Å². The smallest absolute Gasteiger partial charge is 0.223 e. The Morgan fingerprint density at radius 3 is 2.19 bits per heavy atom. The van der Waals surface area contributed by atoms with Gasteiger partial charge in [0.1, 0.15) is 0 Å². The van der Waals surface area contributed by atoms with Crippen molar-refractivity contribution in [1.82, 2.24) is 10.6 Å². The Hall–Kier alpha value is -0.320. The molecular weight excluding hydrogens is 288 g/mol. The number of rotatable bonds is 7. The van der Waals surface area contributed by atoms with Crippen molar-refractivity contribution < 1.29 is 9.53 Å². The van der Waals surface area contributed by atoms with Crippen LogP contribution in [0.25, 0.3) is 0 Å². The Labute approximate surface area is 134 Å². The number of carbonyl (C=O) groups excluding carboxylic acids is 1. The van der Waals surface area contributed by atoms with E-state index in [9.17, 15) is 4.79 Å². The van der Waals surface area contributed by atoms with Crippen LogP contribution in [-0.2, 0) is 9.53 Å². The van der Waals surface area contributed by atoms with E-state index < -0.39 is 0 Å². The minimum Gasteiger partial charge on any atom is -0.383 e. The molecule has 4 saturated carbocycles. The maximum Gasteiger partial charge on any atom is 0.223 e. The van der Waals surface area contributed by atoms with Gasteiger partial charge in [-0.05, 0) is 55.8 Å². The summed E-state index contributed by atoms with van der Waals surface area (Å²) in [5.74, 6) is 3.91. The lowest BCUT2D eigenvalue weighted by Gasteiger charge is -2.53.